The summed E-state index contributed by atoms with van der Waals surface area (Å²) in [7, 11) is 0. The Kier molecular flexibility index (Phi) is 4.47. The van der Waals surface area contributed by atoms with Crippen LogP contribution >= 0.6 is 11.3 Å². The maximum absolute atomic E-state index is 12.9. The summed E-state index contributed by atoms with van der Waals surface area (Å²) in [6.07, 6.45) is 1.41. The Morgan fingerprint density at radius 3 is 2.83 bits per heavy atom. The molecule has 24 heavy (non-hydrogen) atoms. The van der Waals surface area contributed by atoms with Crippen molar-refractivity contribution in [1.29, 1.82) is 0 Å². The normalized spacial score (nSPS) is 20.0. The number of thiophene rings is 1. The summed E-state index contributed by atoms with van der Waals surface area (Å²) in [5, 5.41) is 5.07. The van der Waals surface area contributed by atoms with Crippen molar-refractivity contribution in [3.05, 3.63) is 41.2 Å². The van der Waals surface area contributed by atoms with Crippen molar-refractivity contribution < 1.29 is 18.7 Å². The molecule has 0 bridgehead atoms. The van der Waals surface area contributed by atoms with E-state index in [1.807, 2.05) is 20.8 Å². The van der Waals surface area contributed by atoms with E-state index < -0.39 is 0 Å². The molecule has 0 spiro atoms. The number of hydrogen-bond acceptors (Lipinski definition) is 5. The summed E-state index contributed by atoms with van der Waals surface area (Å²) in [5.41, 5.74) is 0.103. The van der Waals surface area contributed by atoms with Crippen LogP contribution in [0, 0.1) is 0 Å². The van der Waals surface area contributed by atoms with Gasteiger partial charge in [-0.15, -0.1) is 11.3 Å². The van der Waals surface area contributed by atoms with Crippen LogP contribution in [0.25, 0.3) is 0 Å². The lowest BCUT2D eigenvalue weighted by atomic mass is 10.0. The number of rotatable bonds is 3. The van der Waals surface area contributed by atoms with Gasteiger partial charge in [0.2, 0.25) is 0 Å². The average molecular weight is 348 g/mol. The van der Waals surface area contributed by atoms with Crippen molar-refractivity contribution in [2.45, 2.75) is 32.5 Å². The Morgan fingerprint density at radius 1 is 1.38 bits per heavy atom. The van der Waals surface area contributed by atoms with Gasteiger partial charge in [0, 0.05) is 13.1 Å². The Morgan fingerprint density at radius 2 is 2.17 bits per heavy atom. The van der Waals surface area contributed by atoms with Crippen LogP contribution in [0.15, 0.2) is 34.3 Å². The maximum Gasteiger partial charge on any atom is 0.291 e. The van der Waals surface area contributed by atoms with Crippen molar-refractivity contribution in [3.63, 3.8) is 0 Å². The number of carbonyl (C=O) groups excluding carboxylic acids is 2. The van der Waals surface area contributed by atoms with Crippen LogP contribution in [0.4, 0.5) is 5.00 Å². The third-order valence-corrected chi connectivity index (χ3v) is 4.55. The molecule has 6 nitrogen and oxygen atoms in total. The van der Waals surface area contributed by atoms with E-state index in [1.165, 1.54) is 17.6 Å². The maximum atomic E-state index is 12.9. The summed E-state index contributed by atoms with van der Waals surface area (Å²) in [6, 6.07) is 4.96. The van der Waals surface area contributed by atoms with E-state index in [0.29, 0.717) is 23.7 Å². The number of hydrogen-bond donors (Lipinski definition) is 1. The van der Waals surface area contributed by atoms with E-state index in [-0.39, 0.29) is 29.3 Å². The van der Waals surface area contributed by atoms with Crippen LogP contribution in [-0.2, 0) is 4.74 Å². The lowest BCUT2D eigenvalue weighted by molar-refractivity contribution is -0.118. The van der Waals surface area contributed by atoms with Crippen molar-refractivity contribution in [2.75, 3.05) is 18.4 Å². The molecule has 1 N–H and O–H groups in total. The number of morpholine rings is 1. The lowest BCUT2D eigenvalue weighted by Gasteiger charge is -2.41. The molecule has 1 aliphatic heterocycles. The average Bonchev–Trinajstić information content (AvgIpc) is 3.15. The molecule has 2 aromatic heterocycles. The fourth-order valence-electron chi connectivity index (χ4n) is 2.93. The Hall–Kier alpha value is -2.12. The molecule has 3 heterocycles. The first-order valence-corrected chi connectivity index (χ1v) is 8.63. The number of ether oxygens (including phenoxy) is 1. The van der Waals surface area contributed by atoms with Gasteiger partial charge in [0.15, 0.2) is 5.76 Å². The molecule has 0 saturated carbocycles. The van der Waals surface area contributed by atoms with Crippen LogP contribution in [0.1, 0.15) is 41.7 Å². The van der Waals surface area contributed by atoms with Crippen molar-refractivity contribution in [2.24, 2.45) is 0 Å². The zero-order valence-electron chi connectivity index (χ0n) is 13.9. The monoisotopic (exact) mass is 348 g/mol. The molecule has 0 aliphatic carbocycles. The molecule has 128 valence electrons. The summed E-state index contributed by atoms with van der Waals surface area (Å²) in [6.45, 7) is 6.93. The molecule has 0 aromatic carbocycles. The third-order valence-electron chi connectivity index (χ3n) is 3.72. The smallest absolute Gasteiger partial charge is 0.291 e. The first kappa shape index (κ1) is 16.7. The highest BCUT2D eigenvalue weighted by molar-refractivity contribution is 7.14. The summed E-state index contributed by atoms with van der Waals surface area (Å²) < 4.78 is 10.9. The van der Waals surface area contributed by atoms with Gasteiger partial charge in [-0.2, -0.15) is 0 Å². The number of amides is 2. The van der Waals surface area contributed by atoms with Crippen molar-refractivity contribution in [3.8, 4) is 0 Å². The molecule has 2 amide bonds. The predicted molar refractivity (Wildman–Crippen MR) is 91.5 cm³/mol. The van der Waals surface area contributed by atoms with Crippen molar-refractivity contribution in [1.82, 2.24) is 4.90 Å². The van der Waals surface area contributed by atoms with Crippen LogP contribution in [0.5, 0.6) is 0 Å². The minimum atomic E-state index is -0.388. The van der Waals surface area contributed by atoms with Gasteiger partial charge in [-0.1, -0.05) is 0 Å². The molecule has 1 atom stereocenters. The van der Waals surface area contributed by atoms with Gasteiger partial charge in [0.1, 0.15) is 5.00 Å². The van der Waals surface area contributed by atoms with Crippen LogP contribution in [0.3, 0.4) is 0 Å². The van der Waals surface area contributed by atoms with Gasteiger partial charge < -0.3 is 19.4 Å². The molecule has 1 aliphatic rings. The van der Waals surface area contributed by atoms with Gasteiger partial charge in [-0.05, 0) is 44.4 Å². The number of nitrogens with zero attached hydrogens (tertiary/aromatic N) is 1. The second-order valence-corrected chi connectivity index (χ2v) is 7.38. The van der Waals surface area contributed by atoms with Gasteiger partial charge in [-0.3, -0.25) is 9.59 Å². The van der Waals surface area contributed by atoms with E-state index in [2.05, 4.69) is 5.32 Å². The number of anilines is 1. The largest absolute Gasteiger partial charge is 0.459 e. The minimum Gasteiger partial charge on any atom is -0.459 e. The second kappa shape index (κ2) is 6.41. The second-order valence-electron chi connectivity index (χ2n) is 6.47. The highest BCUT2D eigenvalue weighted by atomic mass is 32.1. The Labute approximate surface area is 144 Å². The SMILES string of the molecule is C[C@H]1CN(C(=O)c2ccsc2NC(=O)c2ccco2)CC(C)(C)O1. The molecule has 0 radical (unpaired) electrons. The zero-order chi connectivity index (χ0) is 17.3. The molecular weight excluding hydrogens is 328 g/mol. The summed E-state index contributed by atoms with van der Waals surface area (Å²) >= 11 is 1.32. The van der Waals surface area contributed by atoms with Gasteiger partial charge in [0.25, 0.3) is 11.8 Å². The summed E-state index contributed by atoms with van der Waals surface area (Å²) in [4.78, 5) is 26.8. The first-order valence-electron chi connectivity index (χ1n) is 7.75. The topological polar surface area (TPSA) is 71.8 Å². The molecule has 1 fully saturated rings. The van der Waals surface area contributed by atoms with Crippen molar-refractivity contribution >= 4 is 28.2 Å². The number of nitrogens with one attached hydrogen (secondary N) is 1. The van der Waals surface area contributed by atoms with E-state index in [0.717, 1.165) is 0 Å². The molecule has 0 unspecified atom stereocenters. The van der Waals surface area contributed by atoms with Crippen LogP contribution in [-0.4, -0.2) is 41.5 Å². The minimum absolute atomic E-state index is 0.0301. The van der Waals surface area contributed by atoms with E-state index in [1.54, 1.807) is 28.5 Å². The Bertz CT molecular complexity index is 736. The molecule has 2 aromatic rings. The molecule has 3 rings (SSSR count). The zero-order valence-corrected chi connectivity index (χ0v) is 14.7. The highest BCUT2D eigenvalue weighted by Gasteiger charge is 2.35. The number of carbonyl (C=O) groups is 2. The first-order chi connectivity index (χ1) is 11.4. The highest BCUT2D eigenvalue weighted by Crippen LogP contribution is 2.28. The van der Waals surface area contributed by atoms with Gasteiger partial charge in [0.05, 0.1) is 23.5 Å². The molecule has 7 heteroatoms. The van der Waals surface area contributed by atoms with E-state index in [4.69, 9.17) is 9.15 Å². The number of furan rings is 1. The van der Waals surface area contributed by atoms with Gasteiger partial charge in [-0.25, -0.2) is 0 Å². The standard InChI is InChI=1S/C17H20N2O4S/c1-11-9-19(10-17(2,3)23-11)16(21)12-6-8-24-15(12)18-14(20)13-5-4-7-22-13/h4-8,11H,9-10H2,1-3H3,(H,18,20)/t11-/m0/s1. The van der Waals surface area contributed by atoms with E-state index in [9.17, 15) is 9.59 Å². The fraction of sp³-hybridized carbons (Fsp3) is 0.412. The molecular formula is C17H20N2O4S. The van der Waals surface area contributed by atoms with E-state index >= 15 is 0 Å². The van der Waals surface area contributed by atoms with Crippen LogP contribution in [0.2, 0.25) is 0 Å². The predicted octanol–water partition coefficient (Wildman–Crippen LogP) is 3.23. The van der Waals surface area contributed by atoms with Gasteiger partial charge >= 0.3 is 0 Å². The third kappa shape index (κ3) is 3.52. The lowest BCUT2D eigenvalue weighted by Crippen LogP contribution is -2.53. The summed E-state index contributed by atoms with van der Waals surface area (Å²) in [5.74, 6) is -0.260. The fourth-order valence-corrected chi connectivity index (χ4v) is 3.70. The molecule has 1 saturated heterocycles. The quantitative estimate of drug-likeness (QED) is 0.924. The van der Waals surface area contributed by atoms with Crippen LogP contribution < -0.4 is 5.32 Å². The Balaban J connectivity index is 1.77.